The van der Waals surface area contributed by atoms with Crippen LogP contribution in [-0.2, 0) is 22.7 Å². The van der Waals surface area contributed by atoms with Crippen LogP contribution in [0.15, 0.2) is 55.1 Å². The summed E-state index contributed by atoms with van der Waals surface area (Å²) in [6.45, 7) is 5.29. The van der Waals surface area contributed by atoms with Gasteiger partial charge in [0.15, 0.2) is 0 Å². The number of nitrogens with one attached hydrogen (secondary N) is 1. The Labute approximate surface area is 168 Å². The van der Waals surface area contributed by atoms with Gasteiger partial charge < -0.3 is 15.0 Å². The van der Waals surface area contributed by atoms with E-state index in [9.17, 15) is 9.59 Å². The number of hydrogen-bond donors (Lipinski definition) is 1. The Bertz CT molecular complexity index is 749. The van der Waals surface area contributed by atoms with Crippen molar-refractivity contribution in [2.45, 2.75) is 26.0 Å². The van der Waals surface area contributed by atoms with E-state index in [0.29, 0.717) is 36.8 Å². The van der Waals surface area contributed by atoms with Crippen LogP contribution < -0.4 is 5.32 Å². The van der Waals surface area contributed by atoms with E-state index in [-0.39, 0.29) is 12.5 Å². The maximum Gasteiger partial charge on any atom is 0.407 e. The lowest BCUT2D eigenvalue weighted by atomic mass is 10.2. The highest BCUT2D eigenvalue weighted by Crippen LogP contribution is 2.23. The van der Waals surface area contributed by atoms with Gasteiger partial charge in [0.05, 0.1) is 10.9 Å². The fourth-order valence-electron chi connectivity index (χ4n) is 2.40. The number of halogens is 1. The molecule has 0 radical (unpaired) electrons. The van der Waals surface area contributed by atoms with Gasteiger partial charge in [-0.1, -0.05) is 48.0 Å². The minimum Gasteiger partial charge on any atom is -0.445 e. The number of carbonyl (C=O) groups excluding carboxylic acids is 2. The minimum atomic E-state index is -0.484. The summed E-state index contributed by atoms with van der Waals surface area (Å²) in [6.07, 6.45) is 2.10. The van der Waals surface area contributed by atoms with Crippen LogP contribution in [-0.4, -0.2) is 30.0 Å². The number of thiophene rings is 1. The summed E-state index contributed by atoms with van der Waals surface area (Å²) in [6, 6.07) is 13.2. The van der Waals surface area contributed by atoms with E-state index < -0.39 is 6.09 Å². The first-order chi connectivity index (χ1) is 13.1. The lowest BCUT2D eigenvalue weighted by Gasteiger charge is -2.20. The van der Waals surface area contributed by atoms with Crippen LogP contribution in [0.25, 0.3) is 0 Å². The van der Waals surface area contributed by atoms with Gasteiger partial charge in [-0.2, -0.15) is 0 Å². The third kappa shape index (κ3) is 7.85. The number of alkyl carbamates (subject to hydrolysis) is 1. The molecule has 0 unspecified atom stereocenters. The number of carbonyl (C=O) groups is 2. The molecule has 1 aromatic heterocycles. The summed E-state index contributed by atoms with van der Waals surface area (Å²) in [5.74, 6) is 0.0128. The molecular weight excluding hydrogens is 384 g/mol. The molecule has 0 saturated carbocycles. The van der Waals surface area contributed by atoms with Crippen molar-refractivity contribution in [2.24, 2.45) is 0 Å². The molecule has 2 rings (SSSR count). The Kier molecular flexibility index (Phi) is 8.87. The van der Waals surface area contributed by atoms with Crippen LogP contribution in [0.4, 0.5) is 4.79 Å². The van der Waals surface area contributed by atoms with E-state index >= 15 is 0 Å². The van der Waals surface area contributed by atoms with Crippen molar-refractivity contribution in [1.29, 1.82) is 0 Å². The molecule has 0 saturated heterocycles. The molecule has 0 spiro atoms. The lowest BCUT2D eigenvalue weighted by Crippen LogP contribution is -2.31. The predicted octanol–water partition coefficient (Wildman–Crippen LogP) is 4.62. The zero-order valence-corrected chi connectivity index (χ0v) is 16.6. The molecule has 1 heterocycles. The molecule has 2 amide bonds. The van der Waals surface area contributed by atoms with Gasteiger partial charge in [-0.25, -0.2) is 4.79 Å². The summed E-state index contributed by atoms with van der Waals surface area (Å²) >= 11 is 7.40. The standard InChI is InChI=1S/C20H23ClN2O3S/c1-2-13-23(14-17-10-11-18(21)27-17)19(24)9-6-12-22-20(25)26-15-16-7-4-3-5-8-16/h2-5,7-8,10-11H,1,6,9,12-15H2,(H,22,25). The number of rotatable bonds is 10. The van der Waals surface area contributed by atoms with Gasteiger partial charge >= 0.3 is 6.09 Å². The summed E-state index contributed by atoms with van der Waals surface area (Å²) in [7, 11) is 0. The maximum absolute atomic E-state index is 12.4. The van der Waals surface area contributed by atoms with Crippen molar-refractivity contribution < 1.29 is 14.3 Å². The molecule has 1 N–H and O–H groups in total. The number of hydrogen-bond acceptors (Lipinski definition) is 4. The molecule has 0 aliphatic heterocycles. The molecule has 7 heteroatoms. The maximum atomic E-state index is 12.4. The van der Waals surface area contributed by atoms with Crippen molar-refractivity contribution >= 4 is 34.9 Å². The molecule has 0 fully saturated rings. The molecule has 0 bridgehead atoms. The van der Waals surface area contributed by atoms with E-state index in [4.69, 9.17) is 16.3 Å². The molecule has 0 atom stereocenters. The highest BCUT2D eigenvalue weighted by atomic mass is 35.5. The normalized spacial score (nSPS) is 10.3. The van der Waals surface area contributed by atoms with Crippen LogP contribution in [0.1, 0.15) is 23.3 Å². The molecule has 0 aliphatic carbocycles. The number of amides is 2. The van der Waals surface area contributed by atoms with Gasteiger partial charge in [-0.15, -0.1) is 17.9 Å². The van der Waals surface area contributed by atoms with Gasteiger partial charge in [0.2, 0.25) is 5.91 Å². The second-order valence-corrected chi connectivity index (χ2v) is 7.66. The van der Waals surface area contributed by atoms with Crippen LogP contribution in [0, 0.1) is 0 Å². The van der Waals surface area contributed by atoms with E-state index in [2.05, 4.69) is 11.9 Å². The van der Waals surface area contributed by atoms with Crippen LogP contribution in [0.5, 0.6) is 0 Å². The Morgan fingerprint density at radius 2 is 2.00 bits per heavy atom. The van der Waals surface area contributed by atoms with E-state index in [1.54, 1.807) is 11.0 Å². The number of ether oxygens (including phenoxy) is 1. The fraction of sp³-hybridized carbons (Fsp3) is 0.300. The largest absolute Gasteiger partial charge is 0.445 e. The van der Waals surface area contributed by atoms with Crippen molar-refractivity contribution in [1.82, 2.24) is 10.2 Å². The topological polar surface area (TPSA) is 58.6 Å². The van der Waals surface area contributed by atoms with Crippen molar-refractivity contribution in [3.63, 3.8) is 0 Å². The molecule has 2 aromatic rings. The first kappa shape index (κ1) is 21.0. The summed E-state index contributed by atoms with van der Waals surface area (Å²) in [5, 5.41) is 2.66. The average Bonchev–Trinajstić information content (AvgIpc) is 3.08. The van der Waals surface area contributed by atoms with Crippen molar-refractivity contribution in [2.75, 3.05) is 13.1 Å². The van der Waals surface area contributed by atoms with E-state index in [1.807, 2.05) is 42.5 Å². The predicted molar refractivity (Wildman–Crippen MR) is 109 cm³/mol. The minimum absolute atomic E-state index is 0.0128. The first-order valence-electron chi connectivity index (χ1n) is 8.66. The molecule has 5 nitrogen and oxygen atoms in total. The van der Waals surface area contributed by atoms with Crippen LogP contribution >= 0.6 is 22.9 Å². The molecule has 144 valence electrons. The Morgan fingerprint density at radius 1 is 1.22 bits per heavy atom. The molecule has 1 aromatic carbocycles. The molecule has 27 heavy (non-hydrogen) atoms. The second kappa shape index (κ2) is 11.4. The van der Waals surface area contributed by atoms with Crippen LogP contribution in [0.2, 0.25) is 4.34 Å². The quantitative estimate of drug-likeness (QED) is 0.462. The highest BCUT2D eigenvalue weighted by molar-refractivity contribution is 7.16. The molecule has 0 aliphatic rings. The third-order valence-corrected chi connectivity index (χ3v) is 4.94. The Morgan fingerprint density at radius 3 is 2.67 bits per heavy atom. The first-order valence-corrected chi connectivity index (χ1v) is 9.85. The molecular formula is C20H23ClN2O3S. The van der Waals surface area contributed by atoms with Gasteiger partial charge in [0.1, 0.15) is 6.61 Å². The lowest BCUT2D eigenvalue weighted by molar-refractivity contribution is -0.131. The van der Waals surface area contributed by atoms with E-state index in [1.165, 1.54) is 11.3 Å². The van der Waals surface area contributed by atoms with Crippen molar-refractivity contribution in [3.05, 3.63) is 69.9 Å². The third-order valence-electron chi connectivity index (χ3n) is 3.73. The second-order valence-electron chi connectivity index (χ2n) is 5.86. The Balaban J connectivity index is 1.67. The SMILES string of the molecule is C=CCN(Cc1ccc(Cl)s1)C(=O)CCCNC(=O)OCc1ccccc1. The van der Waals surface area contributed by atoms with Gasteiger partial charge in [-0.3, -0.25) is 4.79 Å². The zero-order chi connectivity index (χ0) is 19.5. The van der Waals surface area contributed by atoms with Gasteiger partial charge in [0, 0.05) is 24.4 Å². The fourth-order valence-corrected chi connectivity index (χ4v) is 3.50. The Hall–Kier alpha value is -2.31. The van der Waals surface area contributed by atoms with E-state index in [0.717, 1.165) is 10.4 Å². The summed E-state index contributed by atoms with van der Waals surface area (Å²) < 4.78 is 5.84. The highest BCUT2D eigenvalue weighted by Gasteiger charge is 2.14. The smallest absolute Gasteiger partial charge is 0.407 e. The summed E-state index contributed by atoms with van der Waals surface area (Å²) in [4.78, 5) is 26.8. The van der Waals surface area contributed by atoms with Crippen LogP contribution in [0.3, 0.4) is 0 Å². The summed E-state index contributed by atoms with van der Waals surface area (Å²) in [5.41, 5.74) is 0.927. The number of nitrogens with zero attached hydrogens (tertiary/aromatic N) is 1. The van der Waals surface area contributed by atoms with Crippen molar-refractivity contribution in [3.8, 4) is 0 Å². The average molecular weight is 407 g/mol. The zero-order valence-electron chi connectivity index (χ0n) is 15.0. The van der Waals surface area contributed by atoms with Gasteiger partial charge in [0.25, 0.3) is 0 Å². The van der Waals surface area contributed by atoms with Gasteiger partial charge in [-0.05, 0) is 24.1 Å². The number of benzene rings is 1. The monoisotopic (exact) mass is 406 g/mol.